The Balaban J connectivity index is 1.42. The molecule has 0 fully saturated rings. The number of benzene rings is 2. The van der Waals surface area contributed by atoms with E-state index in [2.05, 4.69) is 10.4 Å². The molecule has 0 saturated carbocycles. The van der Waals surface area contributed by atoms with Crippen LogP contribution in [-0.4, -0.2) is 55.3 Å². The average molecular weight is 395 g/mol. The van der Waals surface area contributed by atoms with Crippen LogP contribution in [0.15, 0.2) is 59.7 Å². The van der Waals surface area contributed by atoms with Crippen LogP contribution in [0.4, 0.5) is 0 Å². The summed E-state index contributed by atoms with van der Waals surface area (Å²) in [5.41, 5.74) is 2.16. The molecule has 0 aliphatic carbocycles. The number of ether oxygens (including phenoxy) is 2. The summed E-state index contributed by atoms with van der Waals surface area (Å²) < 4.78 is 9.97. The van der Waals surface area contributed by atoms with E-state index in [0.29, 0.717) is 24.3 Å². The summed E-state index contributed by atoms with van der Waals surface area (Å²) in [6.45, 7) is -0.325. The fourth-order valence-electron chi connectivity index (χ4n) is 2.74. The van der Waals surface area contributed by atoms with Crippen molar-refractivity contribution in [2.45, 2.75) is 6.42 Å². The van der Waals surface area contributed by atoms with Crippen molar-refractivity contribution in [1.29, 1.82) is 0 Å². The second-order valence-electron chi connectivity index (χ2n) is 6.25. The van der Waals surface area contributed by atoms with Crippen LogP contribution < -0.4 is 10.1 Å². The minimum absolute atomic E-state index is 0.337. The number of carbonyl (C=O) groups is 3. The summed E-state index contributed by atoms with van der Waals surface area (Å²) in [7, 11) is 1.53. The van der Waals surface area contributed by atoms with Gasteiger partial charge >= 0.3 is 5.97 Å². The van der Waals surface area contributed by atoms with Gasteiger partial charge in [-0.1, -0.05) is 30.3 Å². The van der Waals surface area contributed by atoms with Gasteiger partial charge < -0.3 is 14.8 Å². The number of hydrogen-bond acceptors (Lipinski definition) is 6. The Labute approximate surface area is 168 Å². The van der Waals surface area contributed by atoms with Crippen LogP contribution in [0.3, 0.4) is 0 Å². The lowest BCUT2D eigenvalue weighted by atomic mass is 10.1. The number of nitrogens with one attached hydrogen (secondary N) is 1. The Morgan fingerprint density at radius 1 is 1.07 bits per heavy atom. The normalized spacial score (nSPS) is 12.9. The van der Waals surface area contributed by atoms with Gasteiger partial charge in [-0.05, 0) is 29.8 Å². The zero-order chi connectivity index (χ0) is 20.6. The summed E-state index contributed by atoms with van der Waals surface area (Å²) >= 11 is 0. The highest BCUT2D eigenvalue weighted by atomic mass is 16.5. The molecule has 29 heavy (non-hydrogen) atoms. The minimum atomic E-state index is -0.702. The molecule has 0 radical (unpaired) electrons. The molecule has 8 nitrogen and oxygen atoms in total. The summed E-state index contributed by atoms with van der Waals surface area (Å²) in [6.07, 6.45) is 0.640. The number of hydrogen-bond donors (Lipinski definition) is 1. The van der Waals surface area contributed by atoms with Crippen LogP contribution in [0.1, 0.15) is 22.3 Å². The Bertz CT molecular complexity index is 910. The summed E-state index contributed by atoms with van der Waals surface area (Å²) in [6, 6.07) is 16.0. The van der Waals surface area contributed by atoms with Crippen molar-refractivity contribution in [3.05, 3.63) is 65.7 Å². The van der Waals surface area contributed by atoms with Crippen molar-refractivity contribution in [2.75, 3.05) is 26.8 Å². The van der Waals surface area contributed by atoms with Gasteiger partial charge in [0.1, 0.15) is 12.3 Å². The van der Waals surface area contributed by atoms with E-state index < -0.39 is 24.4 Å². The average Bonchev–Trinajstić information content (AvgIpc) is 3.27. The second-order valence-corrected chi connectivity index (χ2v) is 6.25. The first-order valence-corrected chi connectivity index (χ1v) is 9.08. The van der Waals surface area contributed by atoms with E-state index in [1.54, 1.807) is 24.3 Å². The lowest BCUT2D eigenvalue weighted by molar-refractivity contribution is -0.150. The maximum Gasteiger partial charge on any atom is 0.325 e. The molecular formula is C21H21N3O5. The van der Waals surface area contributed by atoms with Crippen molar-refractivity contribution < 1.29 is 23.9 Å². The predicted octanol–water partition coefficient (Wildman–Crippen LogP) is 1.60. The number of nitrogens with zero attached hydrogens (tertiary/aromatic N) is 2. The highest BCUT2D eigenvalue weighted by Crippen LogP contribution is 2.14. The topological polar surface area (TPSA) is 97.3 Å². The predicted molar refractivity (Wildman–Crippen MR) is 106 cm³/mol. The number of rotatable bonds is 7. The molecule has 1 aliphatic heterocycles. The Kier molecular flexibility index (Phi) is 6.57. The zero-order valence-electron chi connectivity index (χ0n) is 16.0. The van der Waals surface area contributed by atoms with E-state index in [9.17, 15) is 14.4 Å². The molecule has 150 valence electrons. The van der Waals surface area contributed by atoms with E-state index in [0.717, 1.165) is 11.3 Å². The Hall–Kier alpha value is -3.68. The summed E-state index contributed by atoms with van der Waals surface area (Å²) in [5, 5.41) is 8.04. The minimum Gasteiger partial charge on any atom is -0.497 e. The van der Waals surface area contributed by atoms with Crippen LogP contribution in [-0.2, 0) is 14.3 Å². The first kappa shape index (κ1) is 20.1. The number of methoxy groups -OCH3 is 1. The number of amides is 2. The van der Waals surface area contributed by atoms with Gasteiger partial charge in [0.2, 0.25) is 0 Å². The van der Waals surface area contributed by atoms with Gasteiger partial charge in [0, 0.05) is 12.0 Å². The molecule has 1 heterocycles. The van der Waals surface area contributed by atoms with Gasteiger partial charge in [0.15, 0.2) is 6.61 Å². The lowest BCUT2D eigenvalue weighted by Gasteiger charge is -2.12. The molecule has 3 rings (SSSR count). The molecule has 0 unspecified atom stereocenters. The second kappa shape index (κ2) is 9.50. The van der Waals surface area contributed by atoms with E-state index >= 15 is 0 Å². The molecule has 2 aromatic carbocycles. The fraction of sp³-hybridized carbons (Fsp3) is 0.238. The monoisotopic (exact) mass is 395 g/mol. The van der Waals surface area contributed by atoms with E-state index in [4.69, 9.17) is 9.47 Å². The molecule has 0 atom stereocenters. The van der Waals surface area contributed by atoms with E-state index in [-0.39, 0.29) is 6.54 Å². The van der Waals surface area contributed by atoms with Gasteiger partial charge in [-0.3, -0.25) is 14.4 Å². The number of esters is 1. The number of carbonyl (C=O) groups excluding carboxylic acids is 3. The molecule has 2 aromatic rings. The molecule has 0 spiro atoms. The SMILES string of the molecule is COc1ccc(C(=O)NCC(=O)OCC(=O)N2CCC(c3ccccc3)=N2)cc1. The van der Waals surface area contributed by atoms with E-state index in [1.807, 2.05) is 30.3 Å². The first-order valence-electron chi connectivity index (χ1n) is 9.08. The van der Waals surface area contributed by atoms with Gasteiger partial charge in [-0.2, -0.15) is 5.10 Å². The van der Waals surface area contributed by atoms with Crippen LogP contribution in [0.25, 0.3) is 0 Å². The molecule has 1 N–H and O–H groups in total. The quantitative estimate of drug-likeness (QED) is 0.719. The maximum absolute atomic E-state index is 12.2. The Morgan fingerprint density at radius 3 is 2.48 bits per heavy atom. The molecule has 1 aliphatic rings. The highest BCUT2D eigenvalue weighted by molar-refractivity contribution is 6.02. The fourth-order valence-corrected chi connectivity index (χ4v) is 2.74. The van der Waals surface area contributed by atoms with Crippen molar-refractivity contribution >= 4 is 23.5 Å². The third-order valence-electron chi connectivity index (χ3n) is 4.30. The molecule has 2 amide bonds. The maximum atomic E-state index is 12.2. The standard InChI is InChI=1S/C21H21N3O5/c1-28-17-9-7-16(8-10-17)21(27)22-13-20(26)29-14-19(25)24-12-11-18(23-24)15-5-3-2-4-6-15/h2-10H,11-14H2,1H3,(H,22,27). The molecular weight excluding hydrogens is 374 g/mol. The van der Waals surface area contributed by atoms with Gasteiger partial charge in [0.25, 0.3) is 11.8 Å². The first-order chi connectivity index (χ1) is 14.1. The van der Waals surface area contributed by atoms with Crippen LogP contribution in [0, 0.1) is 0 Å². The van der Waals surface area contributed by atoms with Crippen LogP contribution >= 0.6 is 0 Å². The van der Waals surface area contributed by atoms with Gasteiger partial charge in [-0.15, -0.1) is 0 Å². The molecule has 8 heteroatoms. The smallest absolute Gasteiger partial charge is 0.325 e. The Morgan fingerprint density at radius 2 is 1.79 bits per heavy atom. The van der Waals surface area contributed by atoms with Gasteiger partial charge in [-0.25, -0.2) is 5.01 Å². The van der Waals surface area contributed by atoms with Crippen molar-refractivity contribution in [3.8, 4) is 5.75 Å². The van der Waals surface area contributed by atoms with Crippen molar-refractivity contribution in [1.82, 2.24) is 10.3 Å². The van der Waals surface area contributed by atoms with E-state index in [1.165, 1.54) is 12.1 Å². The molecule has 0 saturated heterocycles. The van der Waals surface area contributed by atoms with Crippen molar-refractivity contribution in [3.63, 3.8) is 0 Å². The largest absolute Gasteiger partial charge is 0.497 e. The molecule has 0 aromatic heterocycles. The summed E-state index contributed by atoms with van der Waals surface area (Å²) in [5.74, 6) is -0.913. The van der Waals surface area contributed by atoms with Crippen LogP contribution in [0.2, 0.25) is 0 Å². The van der Waals surface area contributed by atoms with Crippen molar-refractivity contribution in [2.24, 2.45) is 5.10 Å². The zero-order valence-corrected chi connectivity index (χ0v) is 16.0. The third kappa shape index (κ3) is 5.41. The number of hydrazone groups is 1. The third-order valence-corrected chi connectivity index (χ3v) is 4.30. The van der Waals surface area contributed by atoms with Crippen LogP contribution in [0.5, 0.6) is 5.75 Å². The molecule has 0 bridgehead atoms. The van der Waals surface area contributed by atoms with Gasteiger partial charge in [0.05, 0.1) is 19.4 Å². The lowest BCUT2D eigenvalue weighted by Crippen LogP contribution is -2.33. The highest BCUT2D eigenvalue weighted by Gasteiger charge is 2.22. The summed E-state index contributed by atoms with van der Waals surface area (Å²) in [4.78, 5) is 36.0.